The molecule has 9 rings (SSSR count). The summed E-state index contributed by atoms with van der Waals surface area (Å²) >= 11 is 7.90. The number of ether oxygens (including phenoxy) is 1. The van der Waals surface area contributed by atoms with Crippen molar-refractivity contribution in [1.29, 1.82) is 5.26 Å². The monoisotopic (exact) mass is 1020 g/mol. The maximum Gasteiger partial charge on any atom is 0.251 e. The first-order valence-electron chi connectivity index (χ1n) is 25.5. The number of hydrogen-bond acceptors (Lipinski definition) is 11. The number of halogens is 1. The Morgan fingerprint density at radius 2 is 1.68 bits per heavy atom. The van der Waals surface area contributed by atoms with E-state index >= 15 is 0 Å². The number of hydrogen-bond donors (Lipinski definition) is 4. The molecule has 5 fully saturated rings. The van der Waals surface area contributed by atoms with Crippen molar-refractivity contribution < 1.29 is 29.0 Å². The third-order valence-corrected chi connectivity index (χ3v) is 17.7. The van der Waals surface area contributed by atoms with Crippen LogP contribution in [-0.4, -0.2) is 124 Å². The third kappa shape index (κ3) is 10.1. The number of thiazole rings is 1. The van der Waals surface area contributed by atoms with Crippen molar-refractivity contribution in [3.05, 3.63) is 105 Å². The second-order valence-corrected chi connectivity index (χ2v) is 24.1. The van der Waals surface area contributed by atoms with Gasteiger partial charge >= 0.3 is 0 Å². The normalized spacial score (nSPS) is 27.2. The maximum absolute atomic E-state index is 14.3. The van der Waals surface area contributed by atoms with Gasteiger partial charge in [-0.3, -0.25) is 29.0 Å². The zero-order chi connectivity index (χ0) is 51.4. The molecule has 4 N–H and O–H groups in total. The molecule has 1 spiro atoms. The molecular formula is C56H69ClN8O6S. The Morgan fingerprint density at radius 1 is 0.986 bits per heavy atom. The molecule has 4 amide bonds. The van der Waals surface area contributed by atoms with E-state index in [2.05, 4.69) is 69.7 Å². The molecule has 10 atom stereocenters. The second-order valence-electron chi connectivity index (χ2n) is 22.8. The van der Waals surface area contributed by atoms with Crippen molar-refractivity contribution in [1.82, 2.24) is 35.6 Å². The average molecular weight is 1020 g/mol. The molecule has 16 heteroatoms. The van der Waals surface area contributed by atoms with Gasteiger partial charge in [-0.25, -0.2) is 4.98 Å². The van der Waals surface area contributed by atoms with Crippen molar-refractivity contribution >= 4 is 46.6 Å². The van der Waals surface area contributed by atoms with Crippen LogP contribution < -0.4 is 20.7 Å². The number of nitrogens with zero attached hydrogens (tertiary/aromatic N) is 5. The first-order chi connectivity index (χ1) is 34.2. The van der Waals surface area contributed by atoms with Gasteiger partial charge in [0.15, 0.2) is 0 Å². The zero-order valence-corrected chi connectivity index (χ0v) is 44.3. The number of aromatic nitrogens is 1. The van der Waals surface area contributed by atoms with E-state index in [1.54, 1.807) is 29.5 Å². The molecule has 3 aromatic carbocycles. The van der Waals surface area contributed by atoms with E-state index in [0.717, 1.165) is 67.0 Å². The number of nitrogens with one attached hydrogen (secondary N) is 3. The Hall–Kier alpha value is -5.37. The largest absolute Gasteiger partial charge is 0.489 e. The lowest BCUT2D eigenvalue weighted by atomic mass is 9.53. The van der Waals surface area contributed by atoms with Gasteiger partial charge in [-0.05, 0) is 98.4 Å². The van der Waals surface area contributed by atoms with Crippen LogP contribution in [0.1, 0.15) is 113 Å². The fourth-order valence-corrected chi connectivity index (χ4v) is 13.5. The highest BCUT2D eigenvalue weighted by atomic mass is 35.5. The van der Waals surface area contributed by atoms with E-state index in [-0.39, 0.29) is 78.2 Å². The highest BCUT2D eigenvalue weighted by Crippen LogP contribution is 2.72. The van der Waals surface area contributed by atoms with E-state index < -0.39 is 23.6 Å². The Labute approximate surface area is 432 Å². The molecule has 2 bridgehead atoms. The van der Waals surface area contributed by atoms with Gasteiger partial charge in [0, 0.05) is 66.6 Å². The molecule has 3 aliphatic heterocycles. The molecule has 0 radical (unpaired) electrons. The summed E-state index contributed by atoms with van der Waals surface area (Å²) < 4.78 is 6.52. The molecule has 72 heavy (non-hydrogen) atoms. The van der Waals surface area contributed by atoms with Crippen LogP contribution in [0.15, 0.2) is 72.2 Å². The second kappa shape index (κ2) is 20.2. The van der Waals surface area contributed by atoms with Gasteiger partial charge in [0.25, 0.3) is 5.91 Å². The molecular weight excluding hydrogens is 948 g/mol. The van der Waals surface area contributed by atoms with E-state index in [4.69, 9.17) is 16.3 Å². The summed E-state index contributed by atoms with van der Waals surface area (Å²) in [4.78, 5) is 67.2. The number of aliphatic hydroxyl groups excluding tert-OH is 1. The Morgan fingerprint density at radius 3 is 2.29 bits per heavy atom. The van der Waals surface area contributed by atoms with Gasteiger partial charge in [0.05, 0.1) is 45.4 Å². The van der Waals surface area contributed by atoms with Crippen molar-refractivity contribution in [3.63, 3.8) is 0 Å². The minimum atomic E-state index is -0.894. The highest BCUT2D eigenvalue weighted by molar-refractivity contribution is 7.13. The van der Waals surface area contributed by atoms with Crippen LogP contribution in [0.25, 0.3) is 10.4 Å². The smallest absolute Gasteiger partial charge is 0.251 e. The van der Waals surface area contributed by atoms with Crippen LogP contribution in [0, 0.1) is 40.4 Å². The number of nitriles is 1. The van der Waals surface area contributed by atoms with Gasteiger partial charge < -0.3 is 30.7 Å². The number of carbonyl (C=O) groups excluding carboxylic acids is 4. The number of amides is 4. The predicted molar refractivity (Wildman–Crippen MR) is 278 cm³/mol. The fraction of sp³-hybridized carbons (Fsp3) is 0.536. The van der Waals surface area contributed by atoms with Gasteiger partial charge in [-0.15, -0.1) is 11.3 Å². The van der Waals surface area contributed by atoms with Crippen LogP contribution in [0.3, 0.4) is 0 Å². The SMILES string of the molecule is Cc1ncsc1-c1ccc([C@H](C)NC(=O)C2C[C@@H](O)CN2C(=O)[C@@H](NC(=O)CN2C[C@@H]3C[C@H]2CN3CCCc2ccc(C(=O)N[C@H]3C(C)(C)C(Oc4ccc(C#N)c(Cl)c4)C34CC4C)cc2)C(C)(C)C)cc1. The quantitative estimate of drug-likeness (QED) is 0.0889. The molecule has 3 saturated heterocycles. The Bertz CT molecular complexity index is 2740. The number of benzene rings is 3. The van der Waals surface area contributed by atoms with Crippen LogP contribution >= 0.6 is 22.9 Å². The minimum Gasteiger partial charge on any atom is -0.489 e. The molecule has 4 aromatic rings. The molecule has 1 aromatic heterocycles. The van der Waals surface area contributed by atoms with Gasteiger partial charge in [0.2, 0.25) is 17.7 Å². The van der Waals surface area contributed by atoms with Crippen LogP contribution in [0.4, 0.5) is 0 Å². The number of piperazine rings is 1. The minimum absolute atomic E-state index is 0.0160. The summed E-state index contributed by atoms with van der Waals surface area (Å²) in [5.41, 5.74) is 5.86. The first-order valence-corrected chi connectivity index (χ1v) is 26.8. The average Bonchev–Trinajstić information content (AvgIpc) is 3.83. The maximum atomic E-state index is 14.3. The zero-order valence-electron chi connectivity index (χ0n) is 42.7. The summed E-state index contributed by atoms with van der Waals surface area (Å²) in [7, 11) is 0. The number of fused-ring (bicyclic) bond motifs is 2. The van der Waals surface area contributed by atoms with Gasteiger partial charge in [0.1, 0.15) is 30.0 Å². The fourth-order valence-electron chi connectivity index (χ4n) is 12.4. The van der Waals surface area contributed by atoms with Crippen molar-refractivity contribution in [2.24, 2.45) is 22.2 Å². The van der Waals surface area contributed by atoms with E-state index in [1.165, 1.54) is 10.5 Å². The van der Waals surface area contributed by atoms with Crippen LogP contribution in [0.5, 0.6) is 5.75 Å². The number of aryl methyl sites for hydroxylation is 2. The topological polar surface area (TPSA) is 180 Å². The van der Waals surface area contributed by atoms with E-state index in [0.29, 0.717) is 33.9 Å². The number of carbonyl (C=O) groups is 4. The number of aliphatic hydroxyl groups is 1. The summed E-state index contributed by atoms with van der Waals surface area (Å²) in [6.45, 7) is 18.9. The van der Waals surface area contributed by atoms with Gasteiger partial charge in [-0.2, -0.15) is 5.26 Å². The van der Waals surface area contributed by atoms with E-state index in [1.807, 2.05) is 76.5 Å². The lowest BCUT2D eigenvalue weighted by molar-refractivity contribution is -0.144. The Balaban J connectivity index is 0.720. The lowest BCUT2D eigenvalue weighted by Crippen LogP contribution is -2.72. The van der Waals surface area contributed by atoms with Gasteiger partial charge in [-0.1, -0.05) is 89.5 Å². The molecule has 2 saturated carbocycles. The number of likely N-dealkylation sites (tertiary alicyclic amines) is 3. The van der Waals surface area contributed by atoms with E-state index in [9.17, 15) is 29.5 Å². The van der Waals surface area contributed by atoms with Crippen molar-refractivity contribution in [3.8, 4) is 22.3 Å². The molecule has 5 aliphatic rings. The van der Waals surface area contributed by atoms with Crippen LogP contribution in [-0.2, 0) is 20.8 Å². The Kier molecular flexibility index (Phi) is 14.4. The molecule has 4 heterocycles. The third-order valence-electron chi connectivity index (χ3n) is 16.5. The van der Waals surface area contributed by atoms with Crippen molar-refractivity contribution in [2.75, 3.05) is 32.7 Å². The summed E-state index contributed by atoms with van der Waals surface area (Å²) in [5.74, 6) is -0.000358. The van der Waals surface area contributed by atoms with Crippen molar-refractivity contribution in [2.45, 2.75) is 136 Å². The number of β-amino-alcohol motifs (C(OH)–C–C–N with tert-alkyl or cyclic N) is 1. The summed E-state index contributed by atoms with van der Waals surface area (Å²) in [6, 6.07) is 21.7. The summed E-state index contributed by atoms with van der Waals surface area (Å²) in [5, 5.41) is 29.9. The number of rotatable bonds is 16. The first kappa shape index (κ1) is 51.5. The summed E-state index contributed by atoms with van der Waals surface area (Å²) in [6.07, 6.45) is 2.97. The molecule has 2 aliphatic carbocycles. The molecule has 4 unspecified atom stereocenters. The molecule has 14 nitrogen and oxygen atoms in total. The lowest BCUT2D eigenvalue weighted by Gasteiger charge is -2.59. The predicted octanol–water partition coefficient (Wildman–Crippen LogP) is 7.32. The van der Waals surface area contributed by atoms with Crippen LogP contribution in [0.2, 0.25) is 5.02 Å². The molecule has 382 valence electrons. The highest BCUT2D eigenvalue weighted by Gasteiger charge is 2.78. The standard InChI is InChI=1S/C56H69ClN8O6S/c1-32-25-56(32)52(55(7,8)53(56)71-43-20-19-39(26-58)44(57)24-43)62-49(68)38-13-11-35(12-14-38)10-9-21-63-27-41-22-40(63)28-64(41)30-46(67)61-48(54(4,5)6)51(70)65-29-42(66)23-45(65)50(69)60-33(2)36-15-17-37(18-16-36)47-34(3)59-31-72-47/h11-20,24,31-33,40-42,45,48,52-53,66H,9-10,21-23,25,27-30H2,1-8H3,(H,60,69)(H,61,67)(H,62,68)/t32?,33-,40-,41-,42+,45?,48+,52-,53?,56?/m0/s1.